The lowest BCUT2D eigenvalue weighted by molar-refractivity contribution is -0.176. The lowest BCUT2D eigenvalue weighted by Crippen LogP contribution is -2.64. The largest absolute Gasteiger partial charge is 0.481 e. The van der Waals surface area contributed by atoms with Crippen LogP contribution in [0.5, 0.6) is 0 Å². The number of carbonyl (C=O) groups is 5. The highest BCUT2D eigenvalue weighted by Crippen LogP contribution is 2.25. The van der Waals surface area contributed by atoms with Crippen molar-refractivity contribution in [3.63, 3.8) is 0 Å². The van der Waals surface area contributed by atoms with Crippen LogP contribution in [0.4, 0.5) is 0 Å². The fraction of sp³-hybridized carbons (Fsp3) is 0.667. The summed E-state index contributed by atoms with van der Waals surface area (Å²) in [4.78, 5) is 59.7. The van der Waals surface area contributed by atoms with Crippen LogP contribution in [0, 0.1) is 0 Å². The van der Waals surface area contributed by atoms with E-state index in [2.05, 4.69) is 10.0 Å². The molecule has 2 aliphatic rings. The fourth-order valence-corrected chi connectivity index (χ4v) is 3.98. The highest BCUT2D eigenvalue weighted by atomic mass is 32.2. The number of hydrazine groups is 1. The number of rotatable bonds is 7. The van der Waals surface area contributed by atoms with Gasteiger partial charge in [0.05, 0.1) is 18.7 Å². The van der Waals surface area contributed by atoms with Crippen LogP contribution in [0.3, 0.4) is 0 Å². The SMILES string of the molecule is CS(=O)(=O)NC1CCC(=O)N2CCCC(C(=O)NC(C=O)CC(=O)O)N2C1=O. The summed E-state index contributed by atoms with van der Waals surface area (Å²) in [6.07, 6.45) is 0.967. The van der Waals surface area contributed by atoms with Gasteiger partial charge in [-0.05, 0) is 19.3 Å². The number of sulfonamides is 1. The van der Waals surface area contributed by atoms with E-state index in [0.29, 0.717) is 6.42 Å². The Morgan fingerprint density at radius 2 is 2.00 bits per heavy atom. The van der Waals surface area contributed by atoms with Crippen LogP contribution in [-0.2, 0) is 34.0 Å². The van der Waals surface area contributed by atoms with Gasteiger partial charge in [-0.2, -0.15) is 0 Å². The lowest BCUT2D eigenvalue weighted by atomic mass is 10.1. The number of nitrogens with zero attached hydrogens (tertiary/aromatic N) is 2. The van der Waals surface area contributed by atoms with Gasteiger partial charge in [0.25, 0.3) is 5.91 Å². The normalized spacial score (nSPS) is 24.2. The Kier molecular flexibility index (Phi) is 6.72. The number of aldehydes is 1. The highest BCUT2D eigenvalue weighted by Gasteiger charge is 2.45. The molecule has 0 spiro atoms. The number of carboxylic acid groups (broad SMARTS) is 1. The molecule has 0 aromatic carbocycles. The van der Waals surface area contributed by atoms with E-state index in [4.69, 9.17) is 5.11 Å². The predicted molar refractivity (Wildman–Crippen MR) is 92.8 cm³/mol. The minimum Gasteiger partial charge on any atom is -0.481 e. The molecule has 0 radical (unpaired) electrons. The Labute approximate surface area is 161 Å². The molecule has 12 nitrogen and oxygen atoms in total. The molecule has 2 saturated heterocycles. The first-order valence-corrected chi connectivity index (χ1v) is 10.5. The molecule has 28 heavy (non-hydrogen) atoms. The Morgan fingerprint density at radius 1 is 1.32 bits per heavy atom. The summed E-state index contributed by atoms with van der Waals surface area (Å²) in [5.74, 6) is -3.26. The Hall–Kier alpha value is -2.54. The van der Waals surface area contributed by atoms with Crippen LogP contribution in [0.15, 0.2) is 0 Å². The predicted octanol–water partition coefficient (Wildman–Crippen LogP) is -2.41. The smallest absolute Gasteiger partial charge is 0.305 e. The molecule has 3 amide bonds. The van der Waals surface area contributed by atoms with E-state index in [0.717, 1.165) is 16.3 Å². The number of carboxylic acids is 1. The second kappa shape index (κ2) is 8.65. The first-order chi connectivity index (χ1) is 13.0. The number of hydrogen-bond acceptors (Lipinski definition) is 7. The summed E-state index contributed by atoms with van der Waals surface area (Å²) in [5.41, 5.74) is 0. The third-order valence-electron chi connectivity index (χ3n) is 4.41. The zero-order valence-corrected chi connectivity index (χ0v) is 16.0. The third kappa shape index (κ3) is 5.25. The van der Waals surface area contributed by atoms with E-state index in [9.17, 15) is 32.4 Å². The van der Waals surface area contributed by atoms with Crippen molar-refractivity contribution in [1.82, 2.24) is 20.1 Å². The minimum absolute atomic E-state index is 0.0535. The van der Waals surface area contributed by atoms with Gasteiger partial charge in [-0.1, -0.05) is 0 Å². The molecule has 0 aromatic rings. The van der Waals surface area contributed by atoms with Gasteiger partial charge in [0.2, 0.25) is 21.8 Å². The van der Waals surface area contributed by atoms with Gasteiger partial charge in [0, 0.05) is 13.0 Å². The van der Waals surface area contributed by atoms with Gasteiger partial charge in [0.1, 0.15) is 18.4 Å². The molecule has 0 saturated carbocycles. The van der Waals surface area contributed by atoms with Gasteiger partial charge >= 0.3 is 5.97 Å². The summed E-state index contributed by atoms with van der Waals surface area (Å²) in [7, 11) is -3.74. The van der Waals surface area contributed by atoms with E-state index in [1.807, 2.05) is 0 Å². The van der Waals surface area contributed by atoms with Gasteiger partial charge in [-0.3, -0.25) is 24.2 Å². The minimum atomic E-state index is -3.74. The number of nitrogens with one attached hydrogen (secondary N) is 2. The standard InChI is InChI=1S/C15H22N4O8S/c1-28(26,27)17-10-4-5-12(21)18-6-2-3-11(19(18)15(10)25)14(24)16-9(8-20)7-13(22)23/h8-11,17H,2-7H2,1H3,(H,16,24)(H,22,23). The van der Waals surface area contributed by atoms with Crippen molar-refractivity contribution in [2.45, 2.75) is 50.2 Å². The zero-order chi connectivity index (χ0) is 21.1. The molecule has 13 heteroatoms. The molecule has 3 unspecified atom stereocenters. The number of fused-ring (bicyclic) bond motifs is 1. The van der Waals surface area contributed by atoms with Gasteiger partial charge < -0.3 is 15.2 Å². The first kappa shape index (κ1) is 21.8. The summed E-state index contributed by atoms with van der Waals surface area (Å²) in [6, 6.07) is -3.66. The molecule has 3 atom stereocenters. The first-order valence-electron chi connectivity index (χ1n) is 8.61. The molecule has 2 heterocycles. The van der Waals surface area contributed by atoms with E-state index >= 15 is 0 Å². The fourth-order valence-electron chi connectivity index (χ4n) is 3.24. The molecule has 2 rings (SSSR count). The van der Waals surface area contributed by atoms with E-state index in [1.165, 1.54) is 0 Å². The molecular weight excluding hydrogens is 396 g/mol. The molecule has 2 fully saturated rings. The maximum atomic E-state index is 12.9. The van der Waals surface area contributed by atoms with Crippen LogP contribution in [0.2, 0.25) is 0 Å². The van der Waals surface area contributed by atoms with E-state index in [-0.39, 0.29) is 32.1 Å². The molecule has 0 aliphatic carbocycles. The Bertz CT molecular complexity index is 783. The third-order valence-corrected chi connectivity index (χ3v) is 5.12. The van der Waals surface area contributed by atoms with Gasteiger partial charge in [-0.15, -0.1) is 0 Å². The van der Waals surface area contributed by atoms with Crippen LogP contribution in [-0.4, -0.2) is 84.4 Å². The molecule has 0 aromatic heterocycles. The number of hydrogen-bond donors (Lipinski definition) is 3. The Balaban J connectivity index is 2.28. The molecule has 156 valence electrons. The van der Waals surface area contributed by atoms with Crippen LogP contribution in [0.25, 0.3) is 0 Å². The van der Waals surface area contributed by atoms with Crippen molar-refractivity contribution < 1.29 is 37.5 Å². The van der Waals surface area contributed by atoms with Crippen molar-refractivity contribution in [1.29, 1.82) is 0 Å². The average molecular weight is 418 g/mol. The van der Waals surface area contributed by atoms with Crippen molar-refractivity contribution in [3.8, 4) is 0 Å². The summed E-state index contributed by atoms with van der Waals surface area (Å²) in [6.45, 7) is 0.187. The Morgan fingerprint density at radius 3 is 2.57 bits per heavy atom. The second-order valence-electron chi connectivity index (χ2n) is 6.69. The van der Waals surface area contributed by atoms with E-state index in [1.54, 1.807) is 0 Å². The number of aliphatic carboxylic acids is 1. The average Bonchev–Trinajstić information content (AvgIpc) is 2.71. The number of carbonyl (C=O) groups excluding carboxylic acids is 4. The topological polar surface area (TPSA) is 170 Å². The quantitative estimate of drug-likeness (QED) is 0.384. The van der Waals surface area contributed by atoms with Crippen molar-refractivity contribution in [3.05, 3.63) is 0 Å². The zero-order valence-electron chi connectivity index (χ0n) is 15.2. The molecule has 2 aliphatic heterocycles. The molecule has 3 N–H and O–H groups in total. The van der Waals surface area contributed by atoms with Crippen molar-refractivity contribution in [2.24, 2.45) is 0 Å². The second-order valence-corrected chi connectivity index (χ2v) is 8.47. The van der Waals surface area contributed by atoms with Crippen LogP contribution in [0.1, 0.15) is 32.1 Å². The monoisotopic (exact) mass is 418 g/mol. The van der Waals surface area contributed by atoms with Crippen LogP contribution >= 0.6 is 0 Å². The maximum Gasteiger partial charge on any atom is 0.305 e. The lowest BCUT2D eigenvalue weighted by Gasteiger charge is -2.43. The highest BCUT2D eigenvalue weighted by molar-refractivity contribution is 7.88. The van der Waals surface area contributed by atoms with Crippen molar-refractivity contribution in [2.75, 3.05) is 12.8 Å². The van der Waals surface area contributed by atoms with Gasteiger partial charge in [-0.25, -0.2) is 18.1 Å². The summed E-state index contributed by atoms with van der Waals surface area (Å²) >= 11 is 0. The molecular formula is C15H22N4O8S. The summed E-state index contributed by atoms with van der Waals surface area (Å²) in [5, 5.41) is 13.1. The van der Waals surface area contributed by atoms with Crippen LogP contribution < -0.4 is 10.0 Å². The molecule has 0 bridgehead atoms. The van der Waals surface area contributed by atoms with Gasteiger partial charge in [0.15, 0.2) is 0 Å². The number of amides is 3. The maximum absolute atomic E-state index is 12.9. The summed E-state index contributed by atoms with van der Waals surface area (Å²) < 4.78 is 25.3. The van der Waals surface area contributed by atoms with E-state index < -0.39 is 58.3 Å². The van der Waals surface area contributed by atoms with Crippen molar-refractivity contribution >= 4 is 40.0 Å².